The lowest BCUT2D eigenvalue weighted by molar-refractivity contribution is -0.139. The molecule has 0 amide bonds. The number of rotatable bonds is 1. The summed E-state index contributed by atoms with van der Waals surface area (Å²) >= 11 is 0. The molecule has 0 aromatic heterocycles. The Bertz CT molecular complexity index is 396. The fourth-order valence-corrected chi connectivity index (χ4v) is 2.43. The molecule has 0 spiro atoms. The average Bonchev–Trinajstić information content (AvgIpc) is 2.17. The van der Waals surface area contributed by atoms with Crippen molar-refractivity contribution >= 4 is 5.97 Å². The first-order valence-electron chi connectivity index (χ1n) is 5.43. The molecule has 0 aliphatic heterocycles. The van der Waals surface area contributed by atoms with Gasteiger partial charge in [0.05, 0.1) is 5.92 Å². The Morgan fingerprint density at radius 2 is 2.07 bits per heavy atom. The topological polar surface area (TPSA) is 37.3 Å². The van der Waals surface area contributed by atoms with E-state index in [1.807, 2.05) is 13.0 Å². The van der Waals surface area contributed by atoms with E-state index in [9.17, 15) is 4.79 Å². The van der Waals surface area contributed by atoms with Crippen LogP contribution in [0.25, 0.3) is 0 Å². The monoisotopic (exact) mass is 204 g/mol. The van der Waals surface area contributed by atoms with Gasteiger partial charge in [-0.1, -0.05) is 30.7 Å². The predicted octanol–water partition coefficient (Wildman–Crippen LogP) is 3.06. The summed E-state index contributed by atoms with van der Waals surface area (Å²) in [4.78, 5) is 11.1. The molecule has 0 saturated heterocycles. The second kappa shape index (κ2) is 3.69. The molecule has 80 valence electrons. The van der Waals surface area contributed by atoms with E-state index in [0.717, 1.165) is 24.0 Å². The van der Waals surface area contributed by atoms with Gasteiger partial charge < -0.3 is 5.11 Å². The molecular weight excluding hydrogens is 188 g/mol. The number of benzene rings is 1. The SMILES string of the molecule is Cc1ccc2c(c1)C(C(=O)O)CCC2C. The third kappa shape index (κ3) is 1.76. The van der Waals surface area contributed by atoms with E-state index in [2.05, 4.69) is 19.1 Å². The molecule has 0 heterocycles. The zero-order valence-electron chi connectivity index (χ0n) is 9.16. The third-order valence-electron chi connectivity index (χ3n) is 3.34. The number of carboxylic acid groups (broad SMARTS) is 1. The number of aliphatic carboxylic acids is 1. The summed E-state index contributed by atoms with van der Waals surface area (Å²) in [6.45, 7) is 4.19. The second-order valence-electron chi connectivity index (χ2n) is 4.50. The highest BCUT2D eigenvalue weighted by atomic mass is 16.4. The first-order valence-corrected chi connectivity index (χ1v) is 5.43. The van der Waals surface area contributed by atoms with Crippen LogP contribution in [0.3, 0.4) is 0 Å². The Labute approximate surface area is 89.9 Å². The molecule has 1 aliphatic rings. The highest BCUT2D eigenvalue weighted by Crippen LogP contribution is 2.38. The number of fused-ring (bicyclic) bond motifs is 1. The van der Waals surface area contributed by atoms with Gasteiger partial charge in [0, 0.05) is 0 Å². The van der Waals surface area contributed by atoms with E-state index in [-0.39, 0.29) is 5.92 Å². The van der Waals surface area contributed by atoms with Crippen LogP contribution in [0, 0.1) is 6.92 Å². The Kier molecular flexibility index (Phi) is 2.51. The first-order chi connectivity index (χ1) is 7.09. The molecule has 0 bridgehead atoms. The standard InChI is InChI=1S/C13H16O2/c1-8-3-5-10-9(2)4-6-11(13(14)15)12(10)7-8/h3,5,7,9,11H,4,6H2,1-2H3,(H,14,15). The largest absolute Gasteiger partial charge is 0.481 e. The quantitative estimate of drug-likeness (QED) is 0.763. The highest BCUT2D eigenvalue weighted by Gasteiger charge is 2.29. The summed E-state index contributed by atoms with van der Waals surface area (Å²) in [7, 11) is 0. The molecule has 1 aromatic carbocycles. The number of carbonyl (C=O) groups is 1. The molecule has 2 atom stereocenters. The van der Waals surface area contributed by atoms with Crippen LogP contribution in [0.5, 0.6) is 0 Å². The van der Waals surface area contributed by atoms with Crippen molar-refractivity contribution in [3.63, 3.8) is 0 Å². The molecule has 2 rings (SSSR count). The fraction of sp³-hybridized carbons (Fsp3) is 0.462. The zero-order chi connectivity index (χ0) is 11.0. The van der Waals surface area contributed by atoms with Gasteiger partial charge in [-0.25, -0.2) is 0 Å². The molecular formula is C13H16O2. The average molecular weight is 204 g/mol. The van der Waals surface area contributed by atoms with E-state index in [4.69, 9.17) is 5.11 Å². The molecule has 0 radical (unpaired) electrons. The second-order valence-corrected chi connectivity index (χ2v) is 4.50. The van der Waals surface area contributed by atoms with Gasteiger partial charge in [0.1, 0.15) is 0 Å². The van der Waals surface area contributed by atoms with Crippen LogP contribution in [-0.4, -0.2) is 11.1 Å². The maximum absolute atomic E-state index is 11.1. The molecule has 1 N–H and O–H groups in total. The van der Waals surface area contributed by atoms with Gasteiger partial charge in [0.2, 0.25) is 0 Å². The van der Waals surface area contributed by atoms with E-state index >= 15 is 0 Å². The van der Waals surface area contributed by atoms with Crippen molar-refractivity contribution in [2.75, 3.05) is 0 Å². The van der Waals surface area contributed by atoms with Crippen LogP contribution in [0.15, 0.2) is 18.2 Å². The predicted molar refractivity (Wildman–Crippen MR) is 59.2 cm³/mol. The maximum atomic E-state index is 11.1. The van der Waals surface area contributed by atoms with E-state index < -0.39 is 5.97 Å². The van der Waals surface area contributed by atoms with Crippen molar-refractivity contribution < 1.29 is 9.90 Å². The molecule has 15 heavy (non-hydrogen) atoms. The number of carboxylic acids is 1. The summed E-state index contributed by atoms with van der Waals surface area (Å²) in [6.07, 6.45) is 1.75. The maximum Gasteiger partial charge on any atom is 0.310 e. The van der Waals surface area contributed by atoms with Gasteiger partial charge in [-0.15, -0.1) is 0 Å². The lowest BCUT2D eigenvalue weighted by atomic mass is 9.77. The van der Waals surface area contributed by atoms with Gasteiger partial charge in [-0.3, -0.25) is 4.79 Å². The minimum Gasteiger partial charge on any atom is -0.481 e. The number of aryl methyl sites for hydroxylation is 1. The molecule has 1 aliphatic carbocycles. The van der Waals surface area contributed by atoms with Crippen molar-refractivity contribution in [1.82, 2.24) is 0 Å². The van der Waals surface area contributed by atoms with Crippen LogP contribution in [0.2, 0.25) is 0 Å². The number of hydrogen-bond acceptors (Lipinski definition) is 1. The van der Waals surface area contributed by atoms with Crippen LogP contribution < -0.4 is 0 Å². The minimum atomic E-state index is -0.686. The van der Waals surface area contributed by atoms with Crippen molar-refractivity contribution in [1.29, 1.82) is 0 Å². The fourth-order valence-electron chi connectivity index (χ4n) is 2.43. The third-order valence-corrected chi connectivity index (χ3v) is 3.34. The van der Waals surface area contributed by atoms with Gasteiger partial charge in [-0.2, -0.15) is 0 Å². The molecule has 2 unspecified atom stereocenters. The Morgan fingerprint density at radius 3 is 2.73 bits per heavy atom. The summed E-state index contributed by atoms with van der Waals surface area (Å²) in [5, 5.41) is 9.16. The van der Waals surface area contributed by atoms with E-state index in [0.29, 0.717) is 5.92 Å². The summed E-state index contributed by atoms with van der Waals surface area (Å²) in [6, 6.07) is 6.19. The Hall–Kier alpha value is -1.31. The van der Waals surface area contributed by atoms with Crippen molar-refractivity contribution in [2.24, 2.45) is 0 Å². The molecule has 1 aromatic rings. The normalized spacial score (nSPS) is 24.7. The van der Waals surface area contributed by atoms with E-state index in [1.54, 1.807) is 0 Å². The van der Waals surface area contributed by atoms with Crippen molar-refractivity contribution in [3.05, 3.63) is 34.9 Å². The molecule has 0 fully saturated rings. The Balaban J connectivity index is 2.51. The lowest BCUT2D eigenvalue weighted by Gasteiger charge is -2.27. The number of hydrogen-bond donors (Lipinski definition) is 1. The first kappa shape index (κ1) is 10.2. The van der Waals surface area contributed by atoms with Crippen LogP contribution in [0.1, 0.15) is 48.3 Å². The molecule has 2 nitrogen and oxygen atoms in total. The zero-order valence-corrected chi connectivity index (χ0v) is 9.16. The van der Waals surface area contributed by atoms with E-state index in [1.165, 1.54) is 5.56 Å². The van der Waals surface area contributed by atoms with Gasteiger partial charge in [-0.05, 0) is 36.8 Å². The van der Waals surface area contributed by atoms with Crippen LogP contribution >= 0.6 is 0 Å². The minimum absolute atomic E-state index is 0.295. The highest BCUT2D eigenvalue weighted by molar-refractivity contribution is 5.77. The van der Waals surface area contributed by atoms with Crippen LogP contribution in [-0.2, 0) is 4.79 Å². The van der Waals surface area contributed by atoms with Crippen LogP contribution in [0.4, 0.5) is 0 Å². The molecule has 0 saturated carbocycles. The summed E-state index contributed by atoms with van der Waals surface area (Å²) < 4.78 is 0. The van der Waals surface area contributed by atoms with Gasteiger partial charge in [0.15, 0.2) is 0 Å². The Morgan fingerprint density at radius 1 is 1.33 bits per heavy atom. The van der Waals surface area contributed by atoms with Gasteiger partial charge in [0.25, 0.3) is 0 Å². The summed E-state index contributed by atoms with van der Waals surface area (Å²) in [5.41, 5.74) is 3.40. The molecule has 2 heteroatoms. The van der Waals surface area contributed by atoms with Crippen molar-refractivity contribution in [3.8, 4) is 0 Å². The van der Waals surface area contributed by atoms with Crippen molar-refractivity contribution in [2.45, 2.75) is 38.5 Å². The van der Waals surface area contributed by atoms with Gasteiger partial charge >= 0.3 is 5.97 Å². The smallest absolute Gasteiger partial charge is 0.310 e. The lowest BCUT2D eigenvalue weighted by Crippen LogP contribution is -2.19. The summed E-state index contributed by atoms with van der Waals surface area (Å²) in [5.74, 6) is -0.485.